The van der Waals surface area contributed by atoms with Gasteiger partial charge in [0.05, 0.1) is 12.0 Å². The SMILES string of the molecule is O=C(NCC1CCC(O)C1)C1CCNc2ccccc21. The molecule has 3 rings (SSSR count). The Morgan fingerprint density at radius 3 is 2.95 bits per heavy atom. The summed E-state index contributed by atoms with van der Waals surface area (Å²) in [5.74, 6) is 0.519. The topological polar surface area (TPSA) is 61.4 Å². The summed E-state index contributed by atoms with van der Waals surface area (Å²) in [6.45, 7) is 1.54. The van der Waals surface area contributed by atoms with Gasteiger partial charge in [0.25, 0.3) is 0 Å². The molecule has 1 aromatic carbocycles. The highest BCUT2D eigenvalue weighted by molar-refractivity contribution is 5.86. The van der Waals surface area contributed by atoms with Gasteiger partial charge < -0.3 is 15.7 Å². The lowest BCUT2D eigenvalue weighted by Gasteiger charge is -2.26. The van der Waals surface area contributed by atoms with Gasteiger partial charge in [0.1, 0.15) is 0 Å². The van der Waals surface area contributed by atoms with Gasteiger partial charge in [-0.15, -0.1) is 0 Å². The van der Waals surface area contributed by atoms with Crippen molar-refractivity contribution in [2.75, 3.05) is 18.4 Å². The monoisotopic (exact) mass is 274 g/mol. The number of benzene rings is 1. The molecule has 0 radical (unpaired) electrons. The van der Waals surface area contributed by atoms with E-state index in [0.29, 0.717) is 12.5 Å². The second kappa shape index (κ2) is 5.83. The average molecular weight is 274 g/mol. The number of nitrogens with one attached hydrogen (secondary N) is 2. The highest BCUT2D eigenvalue weighted by Gasteiger charge is 2.28. The van der Waals surface area contributed by atoms with Gasteiger partial charge in [-0.05, 0) is 43.2 Å². The molecular weight excluding hydrogens is 252 g/mol. The van der Waals surface area contributed by atoms with Crippen molar-refractivity contribution in [3.8, 4) is 0 Å². The van der Waals surface area contributed by atoms with Crippen molar-refractivity contribution in [2.45, 2.75) is 37.7 Å². The van der Waals surface area contributed by atoms with Gasteiger partial charge in [-0.1, -0.05) is 18.2 Å². The normalized spacial score (nSPS) is 28.6. The molecule has 2 aliphatic rings. The summed E-state index contributed by atoms with van der Waals surface area (Å²) in [6, 6.07) is 8.04. The number of carbonyl (C=O) groups excluding carboxylic acids is 1. The van der Waals surface area contributed by atoms with Crippen LogP contribution < -0.4 is 10.6 Å². The maximum Gasteiger partial charge on any atom is 0.227 e. The molecule has 108 valence electrons. The van der Waals surface area contributed by atoms with Crippen molar-refractivity contribution in [3.63, 3.8) is 0 Å². The number of carbonyl (C=O) groups is 1. The summed E-state index contributed by atoms with van der Waals surface area (Å²) in [5, 5.41) is 15.9. The van der Waals surface area contributed by atoms with Crippen LogP contribution in [0.3, 0.4) is 0 Å². The molecule has 20 heavy (non-hydrogen) atoms. The van der Waals surface area contributed by atoms with E-state index in [0.717, 1.165) is 43.5 Å². The first kappa shape index (κ1) is 13.4. The van der Waals surface area contributed by atoms with E-state index in [-0.39, 0.29) is 17.9 Å². The number of fused-ring (bicyclic) bond motifs is 1. The number of aliphatic hydroxyl groups excluding tert-OH is 1. The molecule has 1 heterocycles. The van der Waals surface area contributed by atoms with Gasteiger partial charge in [-0.25, -0.2) is 0 Å². The highest BCUT2D eigenvalue weighted by atomic mass is 16.3. The van der Waals surface area contributed by atoms with Gasteiger partial charge >= 0.3 is 0 Å². The van der Waals surface area contributed by atoms with E-state index in [1.807, 2.05) is 24.3 Å². The largest absolute Gasteiger partial charge is 0.393 e. The fraction of sp³-hybridized carbons (Fsp3) is 0.562. The van der Waals surface area contributed by atoms with E-state index in [2.05, 4.69) is 10.6 Å². The molecule has 1 aliphatic carbocycles. The van der Waals surface area contributed by atoms with Crippen molar-refractivity contribution in [3.05, 3.63) is 29.8 Å². The number of para-hydroxylation sites is 1. The van der Waals surface area contributed by atoms with E-state index in [9.17, 15) is 9.90 Å². The minimum Gasteiger partial charge on any atom is -0.393 e. The molecule has 1 aliphatic heterocycles. The van der Waals surface area contributed by atoms with Gasteiger partial charge in [-0.2, -0.15) is 0 Å². The first-order valence-electron chi connectivity index (χ1n) is 7.52. The van der Waals surface area contributed by atoms with Crippen LogP contribution in [-0.4, -0.2) is 30.2 Å². The second-order valence-electron chi connectivity index (χ2n) is 5.93. The van der Waals surface area contributed by atoms with Gasteiger partial charge in [0, 0.05) is 18.8 Å². The Morgan fingerprint density at radius 1 is 1.30 bits per heavy atom. The standard InChI is InChI=1S/C16H22N2O2/c19-12-6-5-11(9-12)10-18-16(20)14-7-8-17-15-4-2-1-3-13(14)15/h1-4,11-12,14,17,19H,5-10H2,(H,18,20). The molecule has 1 aromatic rings. The van der Waals surface area contributed by atoms with Crippen molar-refractivity contribution < 1.29 is 9.90 Å². The van der Waals surface area contributed by atoms with Crippen molar-refractivity contribution in [1.29, 1.82) is 0 Å². The summed E-state index contributed by atoms with van der Waals surface area (Å²) in [5.41, 5.74) is 2.18. The number of aliphatic hydroxyl groups is 1. The summed E-state index contributed by atoms with van der Waals surface area (Å²) in [6.07, 6.45) is 3.39. The molecule has 0 bridgehead atoms. The molecule has 4 heteroatoms. The fourth-order valence-corrected chi connectivity index (χ4v) is 3.34. The Hall–Kier alpha value is -1.55. The first-order chi connectivity index (χ1) is 9.74. The Labute approximate surface area is 119 Å². The fourth-order valence-electron chi connectivity index (χ4n) is 3.34. The lowest BCUT2D eigenvalue weighted by molar-refractivity contribution is -0.122. The van der Waals surface area contributed by atoms with Gasteiger partial charge in [-0.3, -0.25) is 4.79 Å². The molecule has 1 fully saturated rings. The van der Waals surface area contributed by atoms with Crippen LogP contribution in [0.4, 0.5) is 5.69 Å². The average Bonchev–Trinajstić information content (AvgIpc) is 2.90. The van der Waals surface area contributed by atoms with Crippen LogP contribution >= 0.6 is 0 Å². The van der Waals surface area contributed by atoms with Crippen LogP contribution in [0.25, 0.3) is 0 Å². The lowest BCUT2D eigenvalue weighted by Crippen LogP contribution is -2.35. The molecule has 4 nitrogen and oxygen atoms in total. The molecule has 1 amide bonds. The predicted molar refractivity (Wildman–Crippen MR) is 78.6 cm³/mol. The number of amides is 1. The number of rotatable bonds is 3. The summed E-state index contributed by atoms with van der Waals surface area (Å²) in [4.78, 5) is 12.4. The summed E-state index contributed by atoms with van der Waals surface area (Å²) < 4.78 is 0. The minimum absolute atomic E-state index is 0.0428. The molecule has 3 atom stereocenters. The Morgan fingerprint density at radius 2 is 2.15 bits per heavy atom. The van der Waals surface area contributed by atoms with E-state index >= 15 is 0 Å². The third-order valence-corrected chi connectivity index (χ3v) is 4.48. The smallest absolute Gasteiger partial charge is 0.227 e. The molecule has 3 N–H and O–H groups in total. The number of anilines is 1. The van der Waals surface area contributed by atoms with Crippen molar-refractivity contribution in [1.82, 2.24) is 5.32 Å². The van der Waals surface area contributed by atoms with Crippen LogP contribution in [0.1, 0.15) is 37.2 Å². The van der Waals surface area contributed by atoms with Crippen LogP contribution in [0.2, 0.25) is 0 Å². The Balaban J connectivity index is 1.60. The van der Waals surface area contributed by atoms with E-state index in [1.165, 1.54) is 0 Å². The molecule has 1 saturated carbocycles. The maximum absolute atomic E-state index is 12.4. The highest BCUT2D eigenvalue weighted by Crippen LogP contribution is 2.31. The van der Waals surface area contributed by atoms with Crippen LogP contribution in [0, 0.1) is 5.92 Å². The Bertz CT molecular complexity index is 489. The maximum atomic E-state index is 12.4. The van der Waals surface area contributed by atoms with Crippen LogP contribution in [0.5, 0.6) is 0 Å². The first-order valence-corrected chi connectivity index (χ1v) is 7.52. The minimum atomic E-state index is -0.170. The number of hydrogen-bond donors (Lipinski definition) is 3. The predicted octanol–water partition coefficient (Wildman–Crippen LogP) is 1.86. The zero-order valence-corrected chi connectivity index (χ0v) is 11.6. The van der Waals surface area contributed by atoms with Crippen LogP contribution in [0.15, 0.2) is 24.3 Å². The van der Waals surface area contributed by atoms with E-state index < -0.39 is 0 Å². The summed E-state index contributed by atoms with van der Waals surface area (Å²) >= 11 is 0. The van der Waals surface area contributed by atoms with E-state index in [1.54, 1.807) is 0 Å². The van der Waals surface area contributed by atoms with Crippen molar-refractivity contribution in [2.24, 2.45) is 5.92 Å². The third-order valence-electron chi connectivity index (χ3n) is 4.48. The second-order valence-corrected chi connectivity index (χ2v) is 5.93. The molecule has 0 saturated heterocycles. The Kier molecular flexibility index (Phi) is 3.92. The zero-order valence-electron chi connectivity index (χ0n) is 11.6. The lowest BCUT2D eigenvalue weighted by atomic mass is 9.90. The van der Waals surface area contributed by atoms with Crippen molar-refractivity contribution >= 4 is 11.6 Å². The zero-order chi connectivity index (χ0) is 13.9. The van der Waals surface area contributed by atoms with Gasteiger partial charge in [0.15, 0.2) is 0 Å². The van der Waals surface area contributed by atoms with Gasteiger partial charge in [0.2, 0.25) is 5.91 Å². The third kappa shape index (κ3) is 2.80. The molecule has 3 unspecified atom stereocenters. The molecule has 0 aromatic heterocycles. The molecular formula is C16H22N2O2. The van der Waals surface area contributed by atoms with Crippen LogP contribution in [-0.2, 0) is 4.79 Å². The quantitative estimate of drug-likeness (QED) is 0.788. The summed E-state index contributed by atoms with van der Waals surface area (Å²) in [7, 11) is 0. The molecule has 0 spiro atoms. The number of hydrogen-bond acceptors (Lipinski definition) is 3. The van der Waals surface area contributed by atoms with E-state index in [4.69, 9.17) is 0 Å².